The Labute approximate surface area is 194 Å². The number of para-hydroxylation sites is 1. The summed E-state index contributed by atoms with van der Waals surface area (Å²) in [4.78, 5) is 41.0. The summed E-state index contributed by atoms with van der Waals surface area (Å²) in [5.74, 6) is 1.46. The van der Waals surface area contributed by atoms with Gasteiger partial charge in [0, 0.05) is 43.8 Å². The molecule has 1 saturated heterocycles. The number of likely N-dealkylation sites (tertiary alicyclic amines) is 1. The monoisotopic (exact) mass is 446 g/mol. The summed E-state index contributed by atoms with van der Waals surface area (Å²) in [6, 6.07) is 9.16. The molecule has 3 aromatic rings. The number of anilines is 1. The fourth-order valence-corrected chi connectivity index (χ4v) is 4.27. The van der Waals surface area contributed by atoms with Crippen LogP contribution in [0.2, 0.25) is 0 Å². The third-order valence-corrected chi connectivity index (χ3v) is 6.11. The van der Waals surface area contributed by atoms with Crippen molar-refractivity contribution in [3.8, 4) is 0 Å². The number of aromatic nitrogens is 4. The number of hydrogen-bond acceptors (Lipinski definition) is 5. The van der Waals surface area contributed by atoms with E-state index in [2.05, 4.69) is 24.8 Å². The number of aryl methyl sites for hydroxylation is 3. The molecule has 0 spiro atoms. The number of rotatable bonds is 7. The molecule has 2 aromatic heterocycles. The van der Waals surface area contributed by atoms with Gasteiger partial charge in [-0.15, -0.1) is 0 Å². The first-order chi connectivity index (χ1) is 16.0. The number of carbonyl (C=O) groups is 2. The Morgan fingerprint density at radius 2 is 1.94 bits per heavy atom. The molecule has 1 N–H and O–H groups in total. The van der Waals surface area contributed by atoms with Crippen LogP contribution < -0.4 is 5.32 Å². The molecular formula is C25H30N6O2. The van der Waals surface area contributed by atoms with Crippen molar-refractivity contribution in [2.45, 2.75) is 58.5 Å². The standard InChI is InChI=1S/C25H30N6O2/c1-18-21(25(33)29-20-9-4-3-5-10-20)17-27-24(28-18)22-11-6-7-15-31(22)23(32)12-8-14-30-16-13-26-19(30)2/h3-5,9-10,13,16-17,22H,6-8,11-12,14-15H2,1-2H3,(H,29,33)/t22-/m1/s1. The van der Waals surface area contributed by atoms with Crippen LogP contribution in [0.15, 0.2) is 48.9 Å². The summed E-state index contributed by atoms with van der Waals surface area (Å²) in [5, 5.41) is 2.87. The molecule has 0 bridgehead atoms. The highest BCUT2D eigenvalue weighted by Crippen LogP contribution is 2.30. The Kier molecular flexibility index (Phi) is 7.12. The van der Waals surface area contributed by atoms with Gasteiger partial charge >= 0.3 is 0 Å². The lowest BCUT2D eigenvalue weighted by Crippen LogP contribution is -2.39. The Morgan fingerprint density at radius 1 is 1.12 bits per heavy atom. The summed E-state index contributed by atoms with van der Waals surface area (Å²) in [6.07, 6.45) is 9.39. The van der Waals surface area contributed by atoms with Crippen LogP contribution in [0, 0.1) is 13.8 Å². The van der Waals surface area contributed by atoms with Gasteiger partial charge in [0.15, 0.2) is 5.82 Å². The van der Waals surface area contributed by atoms with Gasteiger partial charge in [-0.25, -0.2) is 15.0 Å². The zero-order valence-corrected chi connectivity index (χ0v) is 19.2. The second kappa shape index (κ2) is 10.4. The predicted octanol–water partition coefficient (Wildman–Crippen LogP) is 4.08. The molecule has 0 unspecified atom stereocenters. The first-order valence-electron chi connectivity index (χ1n) is 11.5. The first-order valence-corrected chi connectivity index (χ1v) is 11.5. The largest absolute Gasteiger partial charge is 0.335 e. The molecule has 8 nitrogen and oxygen atoms in total. The molecule has 172 valence electrons. The van der Waals surface area contributed by atoms with Crippen LogP contribution in [0.25, 0.3) is 0 Å². The van der Waals surface area contributed by atoms with Crippen LogP contribution in [0.4, 0.5) is 5.69 Å². The second-order valence-corrected chi connectivity index (χ2v) is 8.42. The highest BCUT2D eigenvalue weighted by atomic mass is 16.2. The van der Waals surface area contributed by atoms with E-state index < -0.39 is 0 Å². The first kappa shape index (κ1) is 22.6. The molecule has 4 rings (SSSR count). The Morgan fingerprint density at radius 3 is 2.67 bits per heavy atom. The highest BCUT2D eigenvalue weighted by molar-refractivity contribution is 6.04. The third-order valence-electron chi connectivity index (χ3n) is 6.11. The molecule has 8 heteroatoms. The minimum Gasteiger partial charge on any atom is -0.335 e. The maximum absolute atomic E-state index is 13.0. The summed E-state index contributed by atoms with van der Waals surface area (Å²) in [5.41, 5.74) is 1.77. The van der Waals surface area contributed by atoms with E-state index in [9.17, 15) is 9.59 Å². The number of piperidine rings is 1. The second-order valence-electron chi connectivity index (χ2n) is 8.42. The van der Waals surface area contributed by atoms with E-state index in [1.165, 1.54) is 0 Å². The van der Waals surface area contributed by atoms with E-state index in [-0.39, 0.29) is 17.9 Å². The molecule has 1 atom stereocenters. The molecule has 1 fully saturated rings. The van der Waals surface area contributed by atoms with E-state index in [0.29, 0.717) is 30.0 Å². The van der Waals surface area contributed by atoms with Gasteiger partial charge in [-0.05, 0) is 51.7 Å². The quantitative estimate of drug-likeness (QED) is 0.590. The van der Waals surface area contributed by atoms with Crippen molar-refractivity contribution in [1.29, 1.82) is 0 Å². The van der Waals surface area contributed by atoms with Crippen LogP contribution >= 0.6 is 0 Å². The summed E-state index contributed by atoms with van der Waals surface area (Å²) in [6.45, 7) is 5.27. The van der Waals surface area contributed by atoms with Crippen LogP contribution in [0.3, 0.4) is 0 Å². The minimum absolute atomic E-state index is 0.129. The van der Waals surface area contributed by atoms with Crippen molar-refractivity contribution in [2.24, 2.45) is 0 Å². The normalized spacial score (nSPS) is 15.9. The van der Waals surface area contributed by atoms with Gasteiger partial charge in [0.25, 0.3) is 5.91 Å². The van der Waals surface area contributed by atoms with Crippen molar-refractivity contribution in [3.05, 3.63) is 71.8 Å². The number of imidazole rings is 1. The molecular weight excluding hydrogens is 416 g/mol. The molecule has 2 amide bonds. The van der Waals surface area contributed by atoms with Gasteiger partial charge in [-0.1, -0.05) is 18.2 Å². The van der Waals surface area contributed by atoms with Crippen molar-refractivity contribution >= 4 is 17.5 Å². The SMILES string of the molecule is Cc1nc([C@H]2CCCCN2C(=O)CCCn2ccnc2C)ncc1C(=O)Nc1ccccc1. The molecule has 33 heavy (non-hydrogen) atoms. The van der Waals surface area contributed by atoms with Gasteiger partial charge in [-0.3, -0.25) is 9.59 Å². The molecule has 3 heterocycles. The van der Waals surface area contributed by atoms with Crippen molar-refractivity contribution in [1.82, 2.24) is 24.4 Å². The minimum atomic E-state index is -0.239. The van der Waals surface area contributed by atoms with Crippen LogP contribution in [-0.4, -0.2) is 42.8 Å². The van der Waals surface area contributed by atoms with Crippen molar-refractivity contribution in [2.75, 3.05) is 11.9 Å². The molecule has 0 aliphatic carbocycles. The van der Waals surface area contributed by atoms with E-state index in [1.54, 1.807) is 12.4 Å². The van der Waals surface area contributed by atoms with Crippen LogP contribution in [0.1, 0.15) is 65.8 Å². The Bertz CT molecular complexity index is 1110. The maximum Gasteiger partial charge on any atom is 0.259 e. The molecule has 1 aromatic carbocycles. The smallest absolute Gasteiger partial charge is 0.259 e. The van der Waals surface area contributed by atoms with E-state index in [1.807, 2.05) is 55.3 Å². The van der Waals surface area contributed by atoms with E-state index in [0.717, 1.165) is 43.7 Å². The number of carbonyl (C=O) groups excluding carboxylic acids is 2. The zero-order chi connectivity index (χ0) is 23.2. The summed E-state index contributed by atoms with van der Waals surface area (Å²) >= 11 is 0. The number of nitrogens with zero attached hydrogens (tertiary/aromatic N) is 5. The van der Waals surface area contributed by atoms with Crippen molar-refractivity contribution in [3.63, 3.8) is 0 Å². The van der Waals surface area contributed by atoms with E-state index >= 15 is 0 Å². The third kappa shape index (κ3) is 5.45. The fraction of sp³-hybridized carbons (Fsp3) is 0.400. The summed E-state index contributed by atoms with van der Waals surface area (Å²) in [7, 11) is 0. The van der Waals surface area contributed by atoms with Gasteiger partial charge in [-0.2, -0.15) is 0 Å². The lowest BCUT2D eigenvalue weighted by Gasteiger charge is -2.35. The fourth-order valence-electron chi connectivity index (χ4n) is 4.27. The number of benzene rings is 1. The molecule has 0 radical (unpaired) electrons. The average Bonchev–Trinajstić information content (AvgIpc) is 3.24. The van der Waals surface area contributed by atoms with Gasteiger partial charge in [0.2, 0.25) is 5.91 Å². The zero-order valence-electron chi connectivity index (χ0n) is 19.2. The lowest BCUT2D eigenvalue weighted by molar-refractivity contribution is -0.135. The predicted molar refractivity (Wildman–Crippen MR) is 126 cm³/mol. The van der Waals surface area contributed by atoms with Gasteiger partial charge in [0.1, 0.15) is 5.82 Å². The molecule has 0 saturated carbocycles. The van der Waals surface area contributed by atoms with Crippen molar-refractivity contribution < 1.29 is 9.59 Å². The summed E-state index contributed by atoms with van der Waals surface area (Å²) < 4.78 is 2.06. The Hall–Kier alpha value is -3.55. The van der Waals surface area contributed by atoms with Crippen LogP contribution in [-0.2, 0) is 11.3 Å². The van der Waals surface area contributed by atoms with Gasteiger partial charge in [0.05, 0.1) is 17.3 Å². The highest BCUT2D eigenvalue weighted by Gasteiger charge is 2.30. The number of nitrogens with one attached hydrogen (secondary N) is 1. The topological polar surface area (TPSA) is 93.0 Å². The Balaban J connectivity index is 1.42. The lowest BCUT2D eigenvalue weighted by atomic mass is 10.00. The number of hydrogen-bond donors (Lipinski definition) is 1. The average molecular weight is 447 g/mol. The van der Waals surface area contributed by atoms with Crippen LogP contribution in [0.5, 0.6) is 0 Å². The van der Waals surface area contributed by atoms with E-state index in [4.69, 9.17) is 0 Å². The number of amides is 2. The maximum atomic E-state index is 13.0. The molecule has 1 aliphatic rings. The molecule has 1 aliphatic heterocycles. The van der Waals surface area contributed by atoms with Gasteiger partial charge < -0.3 is 14.8 Å².